The number of nitrogens with zero attached hydrogens (tertiary/aromatic N) is 2. The van der Waals surface area contributed by atoms with Crippen LogP contribution in [0.15, 0.2) is 156 Å². The summed E-state index contributed by atoms with van der Waals surface area (Å²) in [7, 11) is 0. The molecule has 0 bridgehead atoms. The first-order valence-corrected chi connectivity index (χ1v) is 15.6. The fourth-order valence-electron chi connectivity index (χ4n) is 7.63. The number of allylic oxidation sites excluding steroid dienone is 4. The van der Waals surface area contributed by atoms with Crippen molar-refractivity contribution in [2.24, 2.45) is 0 Å². The van der Waals surface area contributed by atoms with Gasteiger partial charge in [-0.2, -0.15) is 0 Å². The van der Waals surface area contributed by atoms with E-state index in [2.05, 4.69) is 149 Å². The number of benzene rings is 6. The Morgan fingerprint density at radius 1 is 0.511 bits per heavy atom. The Bertz CT molecular complexity index is 2640. The van der Waals surface area contributed by atoms with Crippen molar-refractivity contribution in [2.75, 3.05) is 0 Å². The minimum Gasteiger partial charge on any atom is -0.456 e. The molecule has 10 rings (SSSR count). The highest BCUT2D eigenvalue weighted by Crippen LogP contribution is 2.39. The molecular formula is C42H28N2O. The van der Waals surface area contributed by atoms with Crippen LogP contribution >= 0.6 is 0 Å². The molecule has 0 saturated heterocycles. The van der Waals surface area contributed by atoms with Crippen molar-refractivity contribution < 1.29 is 4.42 Å². The molecule has 45 heavy (non-hydrogen) atoms. The maximum Gasteiger partial charge on any atom is 0.135 e. The first-order valence-electron chi connectivity index (χ1n) is 15.6. The molecule has 9 aromatic rings. The van der Waals surface area contributed by atoms with E-state index >= 15 is 0 Å². The number of hydrogen-bond acceptors (Lipinski definition) is 1. The van der Waals surface area contributed by atoms with E-state index in [9.17, 15) is 0 Å². The summed E-state index contributed by atoms with van der Waals surface area (Å²) in [6.07, 6.45) is 8.06. The Labute approximate surface area is 259 Å². The summed E-state index contributed by atoms with van der Waals surface area (Å²) in [6.45, 7) is 0. The van der Waals surface area contributed by atoms with E-state index in [-0.39, 0.29) is 6.04 Å². The van der Waals surface area contributed by atoms with E-state index in [1.165, 1.54) is 54.7 Å². The average molecular weight is 577 g/mol. The molecule has 0 saturated carbocycles. The molecule has 1 aliphatic carbocycles. The van der Waals surface area contributed by atoms with Crippen LogP contribution in [-0.4, -0.2) is 9.13 Å². The van der Waals surface area contributed by atoms with Gasteiger partial charge in [0.15, 0.2) is 0 Å². The minimum atomic E-state index is 0.239. The summed E-state index contributed by atoms with van der Waals surface area (Å²) in [6, 6.07) is 48.4. The Kier molecular flexibility index (Phi) is 5.11. The van der Waals surface area contributed by atoms with Crippen LogP contribution in [0.25, 0.3) is 76.8 Å². The van der Waals surface area contributed by atoms with Gasteiger partial charge in [0.2, 0.25) is 0 Å². The first-order chi connectivity index (χ1) is 22.3. The summed E-state index contributed by atoms with van der Waals surface area (Å²) >= 11 is 0. The molecule has 0 spiro atoms. The Morgan fingerprint density at radius 2 is 1.13 bits per heavy atom. The van der Waals surface area contributed by atoms with Crippen LogP contribution in [0, 0.1) is 0 Å². The van der Waals surface area contributed by atoms with Gasteiger partial charge in [-0.15, -0.1) is 0 Å². The van der Waals surface area contributed by atoms with Crippen LogP contribution in [0.1, 0.15) is 18.0 Å². The zero-order valence-electron chi connectivity index (χ0n) is 24.5. The monoisotopic (exact) mass is 576 g/mol. The predicted octanol–water partition coefficient (Wildman–Crippen LogP) is 11.4. The molecule has 3 aromatic heterocycles. The smallest absolute Gasteiger partial charge is 0.135 e. The molecule has 1 unspecified atom stereocenters. The third-order valence-corrected chi connectivity index (χ3v) is 9.62. The van der Waals surface area contributed by atoms with Crippen LogP contribution in [0.4, 0.5) is 0 Å². The molecule has 0 N–H and O–H groups in total. The van der Waals surface area contributed by atoms with Crippen molar-refractivity contribution in [3.05, 3.63) is 157 Å². The van der Waals surface area contributed by atoms with Crippen molar-refractivity contribution in [1.29, 1.82) is 0 Å². The fraction of sp³-hybridized carbons (Fsp3) is 0.0476. The predicted molar refractivity (Wildman–Crippen MR) is 188 cm³/mol. The molecule has 3 heteroatoms. The van der Waals surface area contributed by atoms with Gasteiger partial charge < -0.3 is 13.6 Å². The van der Waals surface area contributed by atoms with Crippen LogP contribution < -0.4 is 0 Å². The van der Waals surface area contributed by atoms with Gasteiger partial charge in [-0.3, -0.25) is 0 Å². The minimum absolute atomic E-state index is 0.239. The normalized spacial score (nSPS) is 15.3. The standard InChI is InChI=1S/C42H28N2O/c1-5-16-37-31(12-1)32-13-2-6-17-38(32)43(37)29-11-9-10-27(24-29)28-20-22-40-35(25-28)33-14-3-7-18-39(33)44(40)30-21-23-42-36(26-30)34-15-4-8-19-41(34)45-42/h1-10,12-26,29H,11H2. The third-order valence-electron chi connectivity index (χ3n) is 9.62. The maximum atomic E-state index is 6.14. The van der Waals surface area contributed by atoms with E-state index in [0.717, 1.165) is 34.0 Å². The van der Waals surface area contributed by atoms with Crippen molar-refractivity contribution in [3.63, 3.8) is 0 Å². The SMILES string of the molecule is C1=CC(c2ccc3c(c2)c2ccccc2n3-c2ccc3oc4ccccc4c3c2)=CC(n2c3ccccc3c3ccccc32)C1. The second-order valence-corrected chi connectivity index (χ2v) is 12.1. The summed E-state index contributed by atoms with van der Waals surface area (Å²) in [4.78, 5) is 0. The number of hydrogen-bond donors (Lipinski definition) is 0. The Morgan fingerprint density at radius 3 is 1.91 bits per heavy atom. The van der Waals surface area contributed by atoms with Crippen molar-refractivity contribution in [1.82, 2.24) is 9.13 Å². The molecule has 0 amide bonds. The quantitative estimate of drug-likeness (QED) is 0.205. The highest BCUT2D eigenvalue weighted by Gasteiger charge is 2.20. The highest BCUT2D eigenvalue weighted by atomic mass is 16.3. The van der Waals surface area contributed by atoms with Crippen LogP contribution in [-0.2, 0) is 0 Å². The van der Waals surface area contributed by atoms with Gasteiger partial charge >= 0.3 is 0 Å². The molecular weight excluding hydrogens is 548 g/mol. The van der Waals surface area contributed by atoms with Gasteiger partial charge in [-0.05, 0) is 72.2 Å². The summed E-state index contributed by atoms with van der Waals surface area (Å²) < 4.78 is 11.1. The van der Waals surface area contributed by atoms with Gasteiger partial charge in [0.25, 0.3) is 0 Å². The van der Waals surface area contributed by atoms with Gasteiger partial charge in [0.1, 0.15) is 11.2 Å². The van der Waals surface area contributed by atoms with E-state index < -0.39 is 0 Å². The number of aromatic nitrogens is 2. The van der Waals surface area contributed by atoms with Crippen LogP contribution in [0.5, 0.6) is 0 Å². The summed E-state index contributed by atoms with van der Waals surface area (Å²) in [5.41, 5.74) is 10.4. The van der Waals surface area contributed by atoms with Crippen molar-refractivity contribution in [3.8, 4) is 5.69 Å². The third kappa shape index (κ3) is 3.58. The fourth-order valence-corrected chi connectivity index (χ4v) is 7.63. The molecule has 0 aliphatic heterocycles. The van der Waals surface area contributed by atoms with E-state index in [4.69, 9.17) is 4.42 Å². The topological polar surface area (TPSA) is 23.0 Å². The molecule has 1 aliphatic rings. The summed E-state index contributed by atoms with van der Waals surface area (Å²) in [5, 5.41) is 7.42. The highest BCUT2D eigenvalue weighted by molar-refractivity contribution is 6.12. The van der Waals surface area contributed by atoms with Gasteiger partial charge in [-0.1, -0.05) is 97.1 Å². The second-order valence-electron chi connectivity index (χ2n) is 12.1. The molecule has 3 nitrogen and oxygen atoms in total. The van der Waals surface area contributed by atoms with E-state index in [1.807, 2.05) is 12.1 Å². The Balaban J connectivity index is 1.14. The summed E-state index contributed by atoms with van der Waals surface area (Å²) in [5.74, 6) is 0. The molecule has 3 heterocycles. The molecule has 212 valence electrons. The average Bonchev–Trinajstić information content (AvgIpc) is 3.75. The maximum absolute atomic E-state index is 6.14. The van der Waals surface area contributed by atoms with Crippen LogP contribution in [0.3, 0.4) is 0 Å². The van der Waals surface area contributed by atoms with Crippen molar-refractivity contribution in [2.45, 2.75) is 12.5 Å². The lowest BCUT2D eigenvalue weighted by molar-refractivity contribution is 0.650. The van der Waals surface area contributed by atoms with Gasteiger partial charge in [-0.25, -0.2) is 0 Å². The van der Waals surface area contributed by atoms with E-state index in [0.29, 0.717) is 0 Å². The molecule has 6 aromatic carbocycles. The molecule has 0 fully saturated rings. The largest absolute Gasteiger partial charge is 0.456 e. The molecule has 0 radical (unpaired) electrons. The lowest BCUT2D eigenvalue weighted by Crippen LogP contribution is -2.08. The lowest BCUT2D eigenvalue weighted by Gasteiger charge is -2.21. The number of fused-ring (bicyclic) bond motifs is 9. The second kappa shape index (κ2) is 9.35. The number of para-hydroxylation sites is 4. The van der Waals surface area contributed by atoms with Crippen molar-refractivity contribution >= 4 is 71.1 Å². The Hall–Kier alpha value is -5.80. The zero-order chi connectivity index (χ0) is 29.5. The number of furan rings is 1. The first kappa shape index (κ1) is 24.6. The van der Waals surface area contributed by atoms with Gasteiger partial charge in [0.05, 0.1) is 17.1 Å². The van der Waals surface area contributed by atoms with E-state index in [1.54, 1.807) is 0 Å². The van der Waals surface area contributed by atoms with Crippen LogP contribution in [0.2, 0.25) is 0 Å². The number of rotatable bonds is 3. The van der Waals surface area contributed by atoms with Gasteiger partial charge in [0, 0.05) is 49.0 Å². The zero-order valence-corrected chi connectivity index (χ0v) is 24.5. The molecule has 1 atom stereocenters. The lowest BCUT2D eigenvalue weighted by atomic mass is 9.95.